The van der Waals surface area contributed by atoms with Crippen molar-refractivity contribution in [2.24, 2.45) is 5.92 Å². The molecule has 3 rings (SSSR count). The number of nitrogens with zero attached hydrogens (tertiary/aromatic N) is 1. The van der Waals surface area contributed by atoms with Gasteiger partial charge in [0.15, 0.2) is 0 Å². The van der Waals surface area contributed by atoms with Gasteiger partial charge in [-0.1, -0.05) is 24.3 Å². The number of benzene rings is 1. The highest BCUT2D eigenvalue weighted by molar-refractivity contribution is 5.78. The molecule has 1 aromatic carbocycles. The van der Waals surface area contributed by atoms with Crippen LogP contribution in [0.3, 0.4) is 0 Å². The van der Waals surface area contributed by atoms with Gasteiger partial charge in [-0.15, -0.1) is 0 Å². The second-order valence-corrected chi connectivity index (χ2v) is 6.90. The summed E-state index contributed by atoms with van der Waals surface area (Å²) < 4.78 is 5.96. The molecular formula is C18H24N2O. The fraction of sp³-hybridized carbons (Fsp3) is 0.500. The van der Waals surface area contributed by atoms with Crippen LogP contribution in [0.25, 0.3) is 10.9 Å². The van der Waals surface area contributed by atoms with Gasteiger partial charge in [-0.05, 0) is 39.3 Å². The van der Waals surface area contributed by atoms with Crippen LogP contribution in [0, 0.1) is 5.92 Å². The van der Waals surface area contributed by atoms with Crippen molar-refractivity contribution in [3.8, 4) is 0 Å². The van der Waals surface area contributed by atoms with Crippen molar-refractivity contribution in [3.63, 3.8) is 0 Å². The third-order valence-electron chi connectivity index (χ3n) is 4.02. The summed E-state index contributed by atoms with van der Waals surface area (Å²) in [6, 6.07) is 12.5. The van der Waals surface area contributed by atoms with Gasteiger partial charge < -0.3 is 10.1 Å². The van der Waals surface area contributed by atoms with Crippen LogP contribution in [0.15, 0.2) is 36.4 Å². The molecule has 21 heavy (non-hydrogen) atoms. The smallest absolute Gasteiger partial charge is 0.104 e. The summed E-state index contributed by atoms with van der Waals surface area (Å²) in [6.07, 6.45) is 1.21. The van der Waals surface area contributed by atoms with E-state index >= 15 is 0 Å². The lowest BCUT2D eigenvalue weighted by molar-refractivity contribution is 0.0858. The van der Waals surface area contributed by atoms with E-state index in [9.17, 15) is 0 Å². The first-order chi connectivity index (χ1) is 10.0. The molecule has 0 radical (unpaired) electrons. The van der Waals surface area contributed by atoms with Crippen molar-refractivity contribution >= 4 is 10.9 Å². The van der Waals surface area contributed by atoms with E-state index in [2.05, 4.69) is 50.4 Å². The fourth-order valence-corrected chi connectivity index (χ4v) is 2.85. The Balaban J connectivity index is 1.79. The van der Waals surface area contributed by atoms with Gasteiger partial charge in [-0.3, -0.25) is 4.98 Å². The molecule has 2 unspecified atom stereocenters. The molecule has 1 N–H and O–H groups in total. The van der Waals surface area contributed by atoms with E-state index in [0.717, 1.165) is 30.8 Å². The maximum atomic E-state index is 5.96. The number of ether oxygens (including phenoxy) is 1. The second kappa shape index (κ2) is 5.74. The summed E-state index contributed by atoms with van der Waals surface area (Å²) in [7, 11) is 0. The molecule has 1 aliphatic rings. The molecule has 112 valence electrons. The van der Waals surface area contributed by atoms with Gasteiger partial charge in [-0.2, -0.15) is 0 Å². The first-order valence-corrected chi connectivity index (χ1v) is 7.75. The first-order valence-electron chi connectivity index (χ1n) is 7.75. The van der Waals surface area contributed by atoms with Crippen molar-refractivity contribution in [1.82, 2.24) is 10.3 Å². The van der Waals surface area contributed by atoms with Crippen LogP contribution in [0.2, 0.25) is 0 Å². The maximum absolute atomic E-state index is 5.96. The maximum Gasteiger partial charge on any atom is 0.104 e. The Morgan fingerprint density at radius 2 is 2.00 bits per heavy atom. The van der Waals surface area contributed by atoms with E-state index in [-0.39, 0.29) is 11.6 Å². The van der Waals surface area contributed by atoms with E-state index < -0.39 is 0 Å². The Labute approximate surface area is 126 Å². The van der Waals surface area contributed by atoms with E-state index in [4.69, 9.17) is 9.72 Å². The summed E-state index contributed by atoms with van der Waals surface area (Å²) in [5.41, 5.74) is 2.25. The Morgan fingerprint density at radius 1 is 1.19 bits per heavy atom. The zero-order valence-corrected chi connectivity index (χ0v) is 13.1. The zero-order valence-electron chi connectivity index (χ0n) is 13.1. The number of pyridine rings is 1. The SMILES string of the molecule is CC(C)(C)NCC1CCOC1c1ccc2ccccc2n1. The molecule has 2 aromatic rings. The highest BCUT2D eigenvalue weighted by atomic mass is 16.5. The molecule has 2 atom stereocenters. The third-order valence-corrected chi connectivity index (χ3v) is 4.02. The molecule has 3 nitrogen and oxygen atoms in total. The largest absolute Gasteiger partial charge is 0.372 e. The summed E-state index contributed by atoms with van der Waals surface area (Å²) in [5.74, 6) is 0.498. The summed E-state index contributed by atoms with van der Waals surface area (Å²) in [5, 5.41) is 4.78. The number of rotatable bonds is 3. The Kier molecular flexibility index (Phi) is 3.96. The van der Waals surface area contributed by atoms with Crippen molar-refractivity contribution in [2.45, 2.75) is 38.8 Å². The number of para-hydroxylation sites is 1. The Hall–Kier alpha value is -1.45. The van der Waals surface area contributed by atoms with Crippen LogP contribution in [-0.2, 0) is 4.74 Å². The van der Waals surface area contributed by atoms with E-state index in [1.54, 1.807) is 0 Å². The average molecular weight is 284 g/mol. The Morgan fingerprint density at radius 3 is 2.81 bits per heavy atom. The van der Waals surface area contributed by atoms with Crippen molar-refractivity contribution in [2.75, 3.05) is 13.2 Å². The van der Waals surface area contributed by atoms with Crippen LogP contribution in [0.1, 0.15) is 39.0 Å². The average Bonchev–Trinajstić information content (AvgIpc) is 2.92. The van der Waals surface area contributed by atoms with Crippen LogP contribution in [0.5, 0.6) is 0 Å². The monoisotopic (exact) mass is 284 g/mol. The van der Waals surface area contributed by atoms with Gasteiger partial charge >= 0.3 is 0 Å². The quantitative estimate of drug-likeness (QED) is 0.933. The lowest BCUT2D eigenvalue weighted by Crippen LogP contribution is -2.39. The molecule has 0 bridgehead atoms. The van der Waals surface area contributed by atoms with Crippen molar-refractivity contribution < 1.29 is 4.74 Å². The molecule has 1 aromatic heterocycles. The van der Waals surface area contributed by atoms with Gasteiger partial charge in [0, 0.05) is 30.0 Å². The summed E-state index contributed by atoms with van der Waals surface area (Å²) in [4.78, 5) is 4.80. The number of nitrogens with one attached hydrogen (secondary N) is 1. The first kappa shape index (κ1) is 14.5. The zero-order chi connectivity index (χ0) is 14.9. The highest BCUT2D eigenvalue weighted by Gasteiger charge is 2.31. The summed E-state index contributed by atoms with van der Waals surface area (Å²) >= 11 is 0. The molecule has 0 aliphatic carbocycles. The van der Waals surface area contributed by atoms with Crippen molar-refractivity contribution in [1.29, 1.82) is 0 Å². The molecule has 2 heterocycles. The molecule has 0 amide bonds. The Bertz CT molecular complexity index is 618. The van der Waals surface area contributed by atoms with Crippen LogP contribution < -0.4 is 5.32 Å². The minimum Gasteiger partial charge on any atom is -0.372 e. The van der Waals surface area contributed by atoms with Gasteiger partial charge in [0.05, 0.1) is 11.2 Å². The van der Waals surface area contributed by atoms with E-state index in [0.29, 0.717) is 5.92 Å². The van der Waals surface area contributed by atoms with Gasteiger partial charge in [-0.25, -0.2) is 0 Å². The second-order valence-electron chi connectivity index (χ2n) is 6.90. The number of hydrogen-bond acceptors (Lipinski definition) is 3. The van der Waals surface area contributed by atoms with Gasteiger partial charge in [0.25, 0.3) is 0 Å². The van der Waals surface area contributed by atoms with Gasteiger partial charge in [0.1, 0.15) is 6.10 Å². The molecule has 0 spiro atoms. The lowest BCUT2D eigenvalue weighted by Gasteiger charge is -2.25. The fourth-order valence-electron chi connectivity index (χ4n) is 2.85. The number of aromatic nitrogens is 1. The lowest BCUT2D eigenvalue weighted by atomic mass is 9.96. The summed E-state index contributed by atoms with van der Waals surface area (Å²) in [6.45, 7) is 8.41. The van der Waals surface area contributed by atoms with E-state index in [1.165, 1.54) is 5.39 Å². The molecule has 1 saturated heterocycles. The van der Waals surface area contributed by atoms with Crippen LogP contribution in [0.4, 0.5) is 0 Å². The van der Waals surface area contributed by atoms with Crippen LogP contribution >= 0.6 is 0 Å². The molecule has 1 fully saturated rings. The van der Waals surface area contributed by atoms with Gasteiger partial charge in [0.2, 0.25) is 0 Å². The predicted molar refractivity (Wildman–Crippen MR) is 86.3 cm³/mol. The highest BCUT2D eigenvalue weighted by Crippen LogP contribution is 2.34. The molecular weight excluding hydrogens is 260 g/mol. The standard InChI is InChI=1S/C18H24N2O/c1-18(2,3)19-12-14-10-11-21-17(14)16-9-8-13-6-4-5-7-15(13)20-16/h4-9,14,17,19H,10-12H2,1-3H3. The molecule has 3 heteroatoms. The topological polar surface area (TPSA) is 34.1 Å². The molecule has 0 saturated carbocycles. The third kappa shape index (κ3) is 3.42. The molecule has 1 aliphatic heterocycles. The normalized spacial score (nSPS) is 22.8. The van der Waals surface area contributed by atoms with E-state index in [1.807, 2.05) is 12.1 Å². The number of hydrogen-bond donors (Lipinski definition) is 1. The van der Waals surface area contributed by atoms with Crippen LogP contribution in [-0.4, -0.2) is 23.7 Å². The van der Waals surface area contributed by atoms with Crippen molar-refractivity contribution in [3.05, 3.63) is 42.1 Å². The predicted octanol–water partition coefficient (Wildman–Crippen LogP) is 3.70. The number of fused-ring (bicyclic) bond motifs is 1. The minimum absolute atomic E-state index is 0.115. The minimum atomic E-state index is 0.115.